The van der Waals surface area contributed by atoms with Crippen LogP contribution in [0.4, 0.5) is 13.2 Å². The van der Waals surface area contributed by atoms with Crippen molar-refractivity contribution in [1.82, 2.24) is 5.32 Å². The lowest BCUT2D eigenvalue weighted by molar-refractivity contribution is -0.186. The summed E-state index contributed by atoms with van der Waals surface area (Å²) in [7, 11) is 0. The average molecular weight is 283 g/mol. The van der Waals surface area contributed by atoms with Gasteiger partial charge in [0.05, 0.1) is 0 Å². The number of carbonyl (C=O) groups excluding carboxylic acids is 2. The van der Waals surface area contributed by atoms with E-state index in [1.807, 2.05) is 0 Å². The summed E-state index contributed by atoms with van der Waals surface area (Å²) in [6.45, 7) is 2.54. The van der Waals surface area contributed by atoms with Crippen LogP contribution in [0.5, 0.6) is 0 Å². The van der Waals surface area contributed by atoms with E-state index in [9.17, 15) is 22.8 Å². The number of unbranched alkanes of at least 4 members (excludes halogenated alkanes) is 2. The standard InChI is InChI=1S/C12H20F3NO3/c1-9(2)11(18)16-7-5-3-4-6-10(17)19-8-12(13,14)15/h9H,3-8H2,1-2H3,(H,16,18). The molecule has 0 aromatic carbocycles. The molecule has 0 aliphatic heterocycles. The van der Waals surface area contributed by atoms with Gasteiger partial charge in [-0.2, -0.15) is 13.2 Å². The van der Waals surface area contributed by atoms with Crippen molar-refractivity contribution >= 4 is 11.9 Å². The van der Waals surface area contributed by atoms with Gasteiger partial charge in [-0.25, -0.2) is 0 Å². The van der Waals surface area contributed by atoms with Crippen molar-refractivity contribution in [2.45, 2.75) is 45.7 Å². The number of carbonyl (C=O) groups is 2. The molecule has 1 amide bonds. The fourth-order valence-electron chi connectivity index (χ4n) is 1.22. The first-order valence-corrected chi connectivity index (χ1v) is 6.22. The van der Waals surface area contributed by atoms with Crippen LogP contribution in [0.15, 0.2) is 0 Å². The van der Waals surface area contributed by atoms with Gasteiger partial charge in [0, 0.05) is 18.9 Å². The van der Waals surface area contributed by atoms with Gasteiger partial charge >= 0.3 is 12.1 Å². The maximum Gasteiger partial charge on any atom is 0.422 e. The Morgan fingerprint density at radius 2 is 1.79 bits per heavy atom. The molecule has 0 aliphatic carbocycles. The normalized spacial score (nSPS) is 11.5. The third-order valence-corrected chi connectivity index (χ3v) is 2.28. The molecule has 0 unspecified atom stereocenters. The van der Waals surface area contributed by atoms with Gasteiger partial charge in [-0.05, 0) is 12.8 Å². The minimum absolute atomic E-state index is 0.0335. The lowest BCUT2D eigenvalue weighted by atomic mass is 10.2. The van der Waals surface area contributed by atoms with Crippen LogP contribution < -0.4 is 5.32 Å². The number of hydrogen-bond acceptors (Lipinski definition) is 3. The molecule has 0 fully saturated rings. The van der Waals surface area contributed by atoms with Crippen LogP contribution in [-0.2, 0) is 14.3 Å². The Bertz CT molecular complexity index is 290. The second kappa shape index (κ2) is 8.77. The Balaban J connectivity index is 3.44. The van der Waals surface area contributed by atoms with Crippen molar-refractivity contribution in [3.05, 3.63) is 0 Å². The molecule has 0 aromatic rings. The second-order valence-electron chi connectivity index (χ2n) is 4.53. The third kappa shape index (κ3) is 11.5. The maximum absolute atomic E-state index is 11.7. The molecule has 0 atom stereocenters. The first kappa shape index (κ1) is 17.7. The number of nitrogens with one attached hydrogen (secondary N) is 1. The van der Waals surface area contributed by atoms with Gasteiger partial charge in [0.25, 0.3) is 0 Å². The number of hydrogen-bond donors (Lipinski definition) is 1. The van der Waals surface area contributed by atoms with Crippen LogP contribution >= 0.6 is 0 Å². The Labute approximate surface area is 110 Å². The highest BCUT2D eigenvalue weighted by Gasteiger charge is 2.29. The van der Waals surface area contributed by atoms with Gasteiger partial charge in [-0.3, -0.25) is 9.59 Å². The highest BCUT2D eigenvalue weighted by Crippen LogP contribution is 2.15. The Kier molecular flexibility index (Phi) is 8.18. The molecule has 0 saturated heterocycles. The Hall–Kier alpha value is -1.27. The minimum atomic E-state index is -4.48. The predicted molar refractivity (Wildman–Crippen MR) is 63.3 cm³/mol. The highest BCUT2D eigenvalue weighted by molar-refractivity contribution is 5.77. The van der Waals surface area contributed by atoms with Gasteiger partial charge in [0.2, 0.25) is 5.91 Å². The highest BCUT2D eigenvalue weighted by atomic mass is 19.4. The number of alkyl halides is 3. The van der Waals surface area contributed by atoms with Crippen LogP contribution in [0.1, 0.15) is 39.5 Å². The number of rotatable bonds is 8. The van der Waals surface area contributed by atoms with Crippen LogP contribution in [-0.4, -0.2) is 31.2 Å². The Morgan fingerprint density at radius 3 is 2.32 bits per heavy atom. The molecule has 7 heteroatoms. The number of amides is 1. The van der Waals surface area contributed by atoms with E-state index in [0.717, 1.165) is 0 Å². The quantitative estimate of drug-likeness (QED) is 0.550. The summed E-state index contributed by atoms with van der Waals surface area (Å²) < 4.78 is 39.2. The van der Waals surface area contributed by atoms with E-state index < -0.39 is 18.8 Å². The average Bonchev–Trinajstić information content (AvgIpc) is 2.29. The van der Waals surface area contributed by atoms with Crippen molar-refractivity contribution in [1.29, 1.82) is 0 Å². The molecular weight excluding hydrogens is 263 g/mol. The van der Waals surface area contributed by atoms with Crippen molar-refractivity contribution < 1.29 is 27.5 Å². The zero-order chi connectivity index (χ0) is 14.9. The summed E-state index contributed by atoms with van der Waals surface area (Å²) in [6, 6.07) is 0. The molecule has 0 aliphatic rings. The molecule has 0 aromatic heterocycles. The molecule has 4 nitrogen and oxygen atoms in total. The monoisotopic (exact) mass is 283 g/mol. The van der Waals surface area contributed by atoms with E-state index in [0.29, 0.717) is 25.8 Å². The molecule has 0 spiro atoms. The molecule has 0 radical (unpaired) electrons. The fraction of sp³-hybridized carbons (Fsp3) is 0.833. The molecule has 0 saturated carbocycles. The summed E-state index contributed by atoms with van der Waals surface area (Å²) in [5, 5.41) is 2.71. The van der Waals surface area contributed by atoms with Crippen molar-refractivity contribution in [2.24, 2.45) is 5.92 Å². The molecule has 1 N–H and O–H groups in total. The molecule has 19 heavy (non-hydrogen) atoms. The molecule has 112 valence electrons. The zero-order valence-corrected chi connectivity index (χ0v) is 11.2. The van der Waals surface area contributed by atoms with E-state index in [-0.39, 0.29) is 18.2 Å². The molecule has 0 bridgehead atoms. The van der Waals surface area contributed by atoms with Gasteiger partial charge in [-0.15, -0.1) is 0 Å². The summed E-state index contributed by atoms with van der Waals surface area (Å²) in [5.41, 5.74) is 0. The van der Waals surface area contributed by atoms with E-state index in [1.165, 1.54) is 0 Å². The van der Waals surface area contributed by atoms with E-state index in [1.54, 1.807) is 13.8 Å². The van der Waals surface area contributed by atoms with Crippen molar-refractivity contribution in [2.75, 3.05) is 13.2 Å². The smallest absolute Gasteiger partial charge is 0.422 e. The Morgan fingerprint density at radius 1 is 1.16 bits per heavy atom. The number of ether oxygens (including phenoxy) is 1. The zero-order valence-electron chi connectivity index (χ0n) is 11.2. The van der Waals surface area contributed by atoms with E-state index in [4.69, 9.17) is 0 Å². The van der Waals surface area contributed by atoms with Gasteiger partial charge < -0.3 is 10.1 Å². The lowest BCUT2D eigenvalue weighted by Crippen LogP contribution is -2.28. The van der Waals surface area contributed by atoms with Gasteiger partial charge in [0.1, 0.15) is 0 Å². The third-order valence-electron chi connectivity index (χ3n) is 2.28. The maximum atomic E-state index is 11.7. The van der Waals surface area contributed by atoms with Crippen LogP contribution in [0.2, 0.25) is 0 Å². The topological polar surface area (TPSA) is 55.4 Å². The molecule has 0 rings (SSSR count). The van der Waals surface area contributed by atoms with Crippen molar-refractivity contribution in [3.63, 3.8) is 0 Å². The van der Waals surface area contributed by atoms with Crippen molar-refractivity contribution in [3.8, 4) is 0 Å². The summed E-state index contributed by atoms with van der Waals surface area (Å²) in [5.74, 6) is -0.953. The molecule has 0 heterocycles. The van der Waals surface area contributed by atoms with Gasteiger partial charge in [-0.1, -0.05) is 20.3 Å². The molecular formula is C12H20F3NO3. The van der Waals surface area contributed by atoms with Gasteiger partial charge in [0.15, 0.2) is 6.61 Å². The first-order valence-electron chi connectivity index (χ1n) is 6.22. The SMILES string of the molecule is CC(C)C(=O)NCCCCCC(=O)OCC(F)(F)F. The lowest BCUT2D eigenvalue weighted by Gasteiger charge is -2.08. The fourth-order valence-corrected chi connectivity index (χ4v) is 1.22. The summed E-state index contributed by atoms with van der Waals surface area (Å²) in [4.78, 5) is 22.1. The first-order chi connectivity index (χ1) is 8.72. The number of esters is 1. The summed E-state index contributed by atoms with van der Waals surface area (Å²) in [6.07, 6.45) is -2.72. The van der Waals surface area contributed by atoms with Crippen LogP contribution in [0.25, 0.3) is 0 Å². The van der Waals surface area contributed by atoms with Crippen LogP contribution in [0.3, 0.4) is 0 Å². The van der Waals surface area contributed by atoms with Crippen LogP contribution in [0, 0.1) is 5.92 Å². The summed E-state index contributed by atoms with van der Waals surface area (Å²) >= 11 is 0. The van der Waals surface area contributed by atoms with E-state index >= 15 is 0 Å². The van der Waals surface area contributed by atoms with E-state index in [2.05, 4.69) is 10.1 Å². The predicted octanol–water partition coefficient (Wildman–Crippen LogP) is 2.42. The second-order valence-corrected chi connectivity index (χ2v) is 4.53. The minimum Gasteiger partial charge on any atom is -0.456 e. The number of halogens is 3. The largest absolute Gasteiger partial charge is 0.456 e.